The van der Waals surface area contributed by atoms with Crippen LogP contribution in [0.2, 0.25) is 0 Å². The van der Waals surface area contributed by atoms with Crippen molar-refractivity contribution in [1.29, 1.82) is 0 Å². The monoisotopic (exact) mass is 648 g/mol. The molecule has 1 aromatic carbocycles. The number of benzene rings is 1. The van der Waals surface area contributed by atoms with Gasteiger partial charge in [-0.2, -0.15) is 18.3 Å². The largest absolute Gasteiger partial charge is 0.478 e. The third-order valence-corrected chi connectivity index (χ3v) is 6.28. The van der Waals surface area contributed by atoms with E-state index < -0.39 is 35.6 Å². The number of halogens is 3. The van der Waals surface area contributed by atoms with Crippen LogP contribution >= 0.6 is 0 Å². The Morgan fingerprint density at radius 3 is 1.83 bits per heavy atom. The number of hydrogen-bond donors (Lipinski definition) is 4. The Balaban J connectivity index is 0.000000381. The first kappa shape index (κ1) is 36.6. The van der Waals surface area contributed by atoms with Crippen LogP contribution < -0.4 is 4.90 Å². The van der Waals surface area contributed by atoms with Crippen LogP contribution in [0.4, 0.5) is 19.0 Å². The highest BCUT2D eigenvalue weighted by Crippen LogP contribution is 2.34. The standard InChI is InChI=1S/C21H23F3N6.2C4H4O4/c1-15-17(13-27-28(15)2)14-29-8-10-30(11-9-29)20-19(25-6-7-26-20)16-4-3-5-18(12-16)21(22,23)24;2*5-3(6)1-2-4(7)8/h3-7,12-13H,8-11,14H2,1-2H3;2*1-2H,(H,5,6)(H,7,8)/b;2*2-1+. The fourth-order valence-electron chi connectivity index (χ4n) is 3.95. The topological polar surface area (TPSA) is 199 Å². The number of aryl methyl sites for hydroxylation is 1. The molecular formula is C29H31F3N6O8. The number of carbonyl (C=O) groups is 4. The van der Waals surface area contributed by atoms with Crippen LogP contribution in [0.1, 0.15) is 16.8 Å². The molecule has 1 fully saturated rings. The van der Waals surface area contributed by atoms with Crippen molar-refractivity contribution in [3.63, 3.8) is 0 Å². The molecule has 46 heavy (non-hydrogen) atoms. The van der Waals surface area contributed by atoms with Gasteiger partial charge >= 0.3 is 30.1 Å². The van der Waals surface area contributed by atoms with Crippen LogP contribution in [0.5, 0.6) is 0 Å². The number of aromatic nitrogens is 4. The molecule has 0 saturated carbocycles. The summed E-state index contributed by atoms with van der Waals surface area (Å²) in [6.45, 7) is 5.99. The second-order valence-corrected chi connectivity index (χ2v) is 9.47. The Bertz CT molecular complexity index is 1510. The Hall–Kier alpha value is -5.58. The van der Waals surface area contributed by atoms with E-state index in [-0.39, 0.29) is 0 Å². The van der Waals surface area contributed by atoms with Crippen molar-refractivity contribution in [3.8, 4) is 11.3 Å². The highest BCUT2D eigenvalue weighted by atomic mass is 19.4. The molecule has 1 aliphatic rings. The number of aliphatic carboxylic acids is 4. The molecule has 1 saturated heterocycles. The Morgan fingerprint density at radius 2 is 1.37 bits per heavy atom. The van der Waals surface area contributed by atoms with E-state index in [4.69, 9.17) is 20.4 Å². The minimum absolute atomic E-state index is 0.418. The molecule has 0 spiro atoms. The molecule has 0 radical (unpaired) electrons. The molecule has 4 rings (SSSR count). The van der Waals surface area contributed by atoms with Crippen molar-refractivity contribution < 1.29 is 52.8 Å². The van der Waals surface area contributed by atoms with E-state index in [1.54, 1.807) is 12.3 Å². The van der Waals surface area contributed by atoms with E-state index in [1.807, 2.05) is 17.9 Å². The number of nitrogens with zero attached hydrogens (tertiary/aromatic N) is 6. The minimum Gasteiger partial charge on any atom is -0.478 e. The number of rotatable bonds is 8. The molecule has 0 bridgehead atoms. The zero-order valence-corrected chi connectivity index (χ0v) is 24.6. The van der Waals surface area contributed by atoms with Crippen LogP contribution in [-0.2, 0) is 38.9 Å². The average molecular weight is 649 g/mol. The highest BCUT2D eigenvalue weighted by Gasteiger charge is 2.31. The second kappa shape index (κ2) is 17.0. The Morgan fingerprint density at radius 1 is 0.848 bits per heavy atom. The molecule has 246 valence electrons. The molecule has 0 atom stereocenters. The summed E-state index contributed by atoms with van der Waals surface area (Å²) in [5, 5.41) is 35.5. The van der Waals surface area contributed by atoms with Gasteiger partial charge in [0.05, 0.1) is 11.8 Å². The van der Waals surface area contributed by atoms with Crippen LogP contribution in [-0.4, -0.2) is 95.1 Å². The summed E-state index contributed by atoms with van der Waals surface area (Å²) in [5.74, 6) is -4.41. The van der Waals surface area contributed by atoms with Gasteiger partial charge in [0, 0.05) is 93.3 Å². The number of hydrogen-bond acceptors (Lipinski definition) is 9. The molecule has 0 aliphatic carbocycles. The number of carboxylic acid groups (broad SMARTS) is 4. The first-order valence-corrected chi connectivity index (χ1v) is 13.3. The number of anilines is 1. The fourth-order valence-corrected chi connectivity index (χ4v) is 3.95. The number of alkyl halides is 3. The molecule has 1 aliphatic heterocycles. The Labute approximate surface area is 260 Å². The van der Waals surface area contributed by atoms with Gasteiger partial charge in [-0.25, -0.2) is 24.2 Å². The van der Waals surface area contributed by atoms with E-state index in [0.717, 1.165) is 50.6 Å². The maximum absolute atomic E-state index is 13.1. The van der Waals surface area contributed by atoms with Gasteiger partial charge in [0.1, 0.15) is 5.69 Å². The van der Waals surface area contributed by atoms with Gasteiger partial charge in [-0.15, -0.1) is 0 Å². The SMILES string of the molecule is Cc1c(CN2CCN(c3nccnc3-c3cccc(C(F)(F)F)c3)CC2)cnn1C.O=C(O)/C=C/C(=O)O.O=C(O)/C=C/C(=O)O. The van der Waals surface area contributed by atoms with E-state index >= 15 is 0 Å². The first-order valence-electron chi connectivity index (χ1n) is 13.3. The third kappa shape index (κ3) is 12.2. The van der Waals surface area contributed by atoms with Gasteiger partial charge in [0.2, 0.25) is 0 Å². The highest BCUT2D eigenvalue weighted by molar-refractivity contribution is 5.90. The van der Waals surface area contributed by atoms with Gasteiger partial charge < -0.3 is 25.3 Å². The molecule has 0 unspecified atom stereocenters. The number of piperazine rings is 1. The van der Waals surface area contributed by atoms with Gasteiger partial charge in [-0.05, 0) is 19.1 Å². The predicted molar refractivity (Wildman–Crippen MR) is 157 cm³/mol. The van der Waals surface area contributed by atoms with Crippen molar-refractivity contribution >= 4 is 29.7 Å². The lowest BCUT2D eigenvalue weighted by molar-refractivity contribution is -0.137. The lowest BCUT2D eigenvalue weighted by Crippen LogP contribution is -2.46. The summed E-state index contributed by atoms with van der Waals surface area (Å²) in [4.78, 5) is 51.5. The van der Waals surface area contributed by atoms with Crippen LogP contribution in [0.3, 0.4) is 0 Å². The summed E-state index contributed by atoms with van der Waals surface area (Å²) in [6, 6.07) is 5.25. The van der Waals surface area contributed by atoms with E-state index in [0.29, 0.717) is 41.4 Å². The molecular weight excluding hydrogens is 617 g/mol. The molecule has 0 amide bonds. The smallest absolute Gasteiger partial charge is 0.416 e. The lowest BCUT2D eigenvalue weighted by Gasteiger charge is -2.35. The molecule has 14 nitrogen and oxygen atoms in total. The van der Waals surface area contributed by atoms with Crippen molar-refractivity contribution in [2.24, 2.45) is 7.05 Å². The normalized spacial score (nSPS) is 13.5. The molecule has 17 heteroatoms. The second-order valence-electron chi connectivity index (χ2n) is 9.47. The van der Waals surface area contributed by atoms with Crippen LogP contribution in [0.25, 0.3) is 11.3 Å². The summed E-state index contributed by atoms with van der Waals surface area (Å²) in [6.07, 6.45) is 2.83. The summed E-state index contributed by atoms with van der Waals surface area (Å²) in [5.41, 5.74) is 2.56. The van der Waals surface area contributed by atoms with Crippen LogP contribution in [0.15, 0.2) is 67.2 Å². The van der Waals surface area contributed by atoms with Crippen molar-refractivity contribution in [1.82, 2.24) is 24.6 Å². The summed E-state index contributed by atoms with van der Waals surface area (Å²) >= 11 is 0. The van der Waals surface area contributed by atoms with Crippen LogP contribution in [0, 0.1) is 6.92 Å². The average Bonchev–Trinajstić information content (AvgIpc) is 3.32. The van der Waals surface area contributed by atoms with Gasteiger partial charge in [0.25, 0.3) is 0 Å². The third-order valence-electron chi connectivity index (χ3n) is 6.28. The van der Waals surface area contributed by atoms with Gasteiger partial charge in [-0.3, -0.25) is 14.6 Å². The van der Waals surface area contributed by atoms with Crippen molar-refractivity contribution in [2.75, 3.05) is 31.1 Å². The van der Waals surface area contributed by atoms with Gasteiger partial charge in [-0.1, -0.05) is 12.1 Å². The molecule has 3 heterocycles. The minimum atomic E-state index is -4.39. The summed E-state index contributed by atoms with van der Waals surface area (Å²) in [7, 11) is 1.93. The zero-order chi connectivity index (χ0) is 34.4. The van der Waals surface area contributed by atoms with Gasteiger partial charge in [0.15, 0.2) is 5.82 Å². The summed E-state index contributed by atoms with van der Waals surface area (Å²) < 4.78 is 41.3. The molecule has 3 aromatic rings. The quantitative estimate of drug-likeness (QED) is 0.260. The maximum Gasteiger partial charge on any atom is 0.416 e. The van der Waals surface area contributed by atoms with Crippen molar-refractivity contribution in [3.05, 3.63) is 84.0 Å². The fraction of sp³-hybridized carbons (Fsp3) is 0.276. The molecule has 2 aromatic heterocycles. The molecule has 4 N–H and O–H groups in total. The van der Waals surface area contributed by atoms with Crippen molar-refractivity contribution in [2.45, 2.75) is 19.6 Å². The predicted octanol–water partition coefficient (Wildman–Crippen LogP) is 2.95. The van der Waals surface area contributed by atoms with E-state index in [9.17, 15) is 32.3 Å². The number of carboxylic acids is 4. The first-order chi connectivity index (χ1) is 21.6. The van der Waals surface area contributed by atoms with E-state index in [2.05, 4.69) is 31.8 Å². The van der Waals surface area contributed by atoms with E-state index in [1.165, 1.54) is 17.8 Å². The lowest BCUT2D eigenvalue weighted by atomic mass is 10.1. The maximum atomic E-state index is 13.1. The zero-order valence-electron chi connectivity index (χ0n) is 24.6. The Kier molecular flexibility index (Phi) is 13.6.